The van der Waals surface area contributed by atoms with Crippen LogP contribution in [0.5, 0.6) is 0 Å². The Morgan fingerprint density at radius 1 is 1.30 bits per heavy atom. The summed E-state index contributed by atoms with van der Waals surface area (Å²) in [6.45, 7) is 5.51. The van der Waals surface area contributed by atoms with Crippen molar-refractivity contribution in [3.63, 3.8) is 0 Å². The van der Waals surface area contributed by atoms with Gasteiger partial charge in [-0.25, -0.2) is 4.79 Å². The van der Waals surface area contributed by atoms with Gasteiger partial charge in [-0.05, 0) is 51.8 Å². The molecule has 1 saturated carbocycles. The first-order chi connectivity index (χ1) is 9.32. The molecule has 1 amide bonds. The molecular formula is C15H23N3O2. The van der Waals surface area contributed by atoms with E-state index in [9.17, 15) is 4.79 Å². The number of carbonyl (C=O) groups excluding carboxylic acids is 1. The third-order valence-electron chi connectivity index (χ3n) is 3.05. The van der Waals surface area contributed by atoms with Gasteiger partial charge in [-0.1, -0.05) is 6.07 Å². The van der Waals surface area contributed by atoms with Gasteiger partial charge in [-0.2, -0.15) is 0 Å². The second kappa shape index (κ2) is 5.71. The number of anilines is 2. The lowest BCUT2D eigenvalue weighted by Crippen LogP contribution is -2.44. The largest absolute Gasteiger partial charge is 0.444 e. The predicted octanol–water partition coefficient (Wildman–Crippen LogP) is 2.94. The summed E-state index contributed by atoms with van der Waals surface area (Å²) in [4.78, 5) is 11.7. The predicted molar refractivity (Wildman–Crippen MR) is 80.9 cm³/mol. The molecule has 0 atom stereocenters. The van der Waals surface area contributed by atoms with Gasteiger partial charge >= 0.3 is 6.09 Å². The number of hydrogen-bond acceptors (Lipinski definition) is 4. The Morgan fingerprint density at radius 2 is 1.95 bits per heavy atom. The van der Waals surface area contributed by atoms with Gasteiger partial charge in [0.25, 0.3) is 0 Å². The van der Waals surface area contributed by atoms with Crippen molar-refractivity contribution in [1.82, 2.24) is 0 Å². The average Bonchev–Trinajstić information content (AvgIpc) is 2.24. The highest BCUT2D eigenvalue weighted by Gasteiger charge is 2.25. The van der Waals surface area contributed by atoms with Crippen LogP contribution in [-0.4, -0.2) is 23.8 Å². The summed E-state index contributed by atoms with van der Waals surface area (Å²) in [6, 6.07) is 8.35. The molecular weight excluding hydrogens is 254 g/mol. The SMILES string of the molecule is CC(C)(C)OC(=O)Nc1cccc(NC2CC(N)C2)c1. The number of rotatable bonds is 3. The molecule has 1 aromatic rings. The van der Waals surface area contributed by atoms with Crippen LogP contribution in [0.1, 0.15) is 33.6 Å². The molecule has 0 unspecified atom stereocenters. The van der Waals surface area contributed by atoms with Crippen LogP contribution in [0.2, 0.25) is 0 Å². The number of nitrogens with one attached hydrogen (secondary N) is 2. The zero-order chi connectivity index (χ0) is 14.8. The third kappa shape index (κ3) is 4.42. The van der Waals surface area contributed by atoms with E-state index >= 15 is 0 Å². The van der Waals surface area contributed by atoms with Crippen molar-refractivity contribution in [3.8, 4) is 0 Å². The molecule has 0 bridgehead atoms. The van der Waals surface area contributed by atoms with Gasteiger partial charge in [-0.3, -0.25) is 5.32 Å². The molecule has 0 heterocycles. The fourth-order valence-corrected chi connectivity index (χ4v) is 2.12. The quantitative estimate of drug-likeness (QED) is 0.794. The Morgan fingerprint density at radius 3 is 2.55 bits per heavy atom. The van der Waals surface area contributed by atoms with Gasteiger partial charge in [-0.15, -0.1) is 0 Å². The van der Waals surface area contributed by atoms with Crippen molar-refractivity contribution in [1.29, 1.82) is 0 Å². The van der Waals surface area contributed by atoms with Crippen molar-refractivity contribution in [2.45, 2.75) is 51.3 Å². The summed E-state index contributed by atoms with van der Waals surface area (Å²) in [6.07, 6.45) is 1.54. The van der Waals surface area contributed by atoms with E-state index in [0.29, 0.717) is 17.8 Å². The van der Waals surface area contributed by atoms with E-state index in [1.165, 1.54) is 0 Å². The smallest absolute Gasteiger partial charge is 0.412 e. The zero-order valence-corrected chi connectivity index (χ0v) is 12.3. The number of amides is 1. The van der Waals surface area contributed by atoms with Crippen molar-refractivity contribution in [2.75, 3.05) is 10.6 Å². The van der Waals surface area contributed by atoms with E-state index in [2.05, 4.69) is 10.6 Å². The van der Waals surface area contributed by atoms with E-state index in [1.54, 1.807) is 0 Å². The topological polar surface area (TPSA) is 76.4 Å². The monoisotopic (exact) mass is 277 g/mol. The van der Waals surface area contributed by atoms with Gasteiger partial charge in [0.15, 0.2) is 0 Å². The van der Waals surface area contributed by atoms with Crippen molar-refractivity contribution < 1.29 is 9.53 Å². The average molecular weight is 277 g/mol. The van der Waals surface area contributed by atoms with E-state index in [-0.39, 0.29) is 0 Å². The number of hydrogen-bond donors (Lipinski definition) is 3. The Hall–Kier alpha value is -1.75. The zero-order valence-electron chi connectivity index (χ0n) is 12.3. The molecule has 110 valence electrons. The molecule has 1 aliphatic carbocycles. The third-order valence-corrected chi connectivity index (χ3v) is 3.05. The molecule has 1 fully saturated rings. The number of nitrogens with two attached hydrogens (primary N) is 1. The molecule has 0 aromatic heterocycles. The normalized spacial score (nSPS) is 21.8. The first-order valence-corrected chi connectivity index (χ1v) is 6.94. The van der Waals surface area contributed by atoms with E-state index in [0.717, 1.165) is 18.5 Å². The molecule has 0 aliphatic heterocycles. The fourth-order valence-electron chi connectivity index (χ4n) is 2.12. The van der Waals surface area contributed by atoms with Crippen molar-refractivity contribution >= 4 is 17.5 Å². The number of benzene rings is 1. The molecule has 1 aromatic carbocycles. The summed E-state index contributed by atoms with van der Waals surface area (Å²) in [5, 5.41) is 6.13. The molecule has 5 heteroatoms. The minimum atomic E-state index is -0.498. The maximum Gasteiger partial charge on any atom is 0.412 e. The second-order valence-electron chi connectivity index (χ2n) is 6.28. The highest BCUT2D eigenvalue weighted by Crippen LogP contribution is 2.24. The van der Waals surface area contributed by atoms with Crippen LogP contribution in [0, 0.1) is 0 Å². The molecule has 20 heavy (non-hydrogen) atoms. The maximum atomic E-state index is 11.7. The first kappa shape index (κ1) is 14.7. The molecule has 2 rings (SSSR count). The minimum absolute atomic E-state index is 0.315. The molecule has 4 N–H and O–H groups in total. The minimum Gasteiger partial charge on any atom is -0.444 e. The van der Waals surface area contributed by atoms with Crippen LogP contribution >= 0.6 is 0 Å². The number of ether oxygens (including phenoxy) is 1. The summed E-state index contributed by atoms with van der Waals surface area (Å²) in [5.74, 6) is 0. The molecule has 0 spiro atoms. The van der Waals surface area contributed by atoms with E-state index < -0.39 is 11.7 Å². The Bertz CT molecular complexity index is 476. The van der Waals surface area contributed by atoms with Crippen LogP contribution < -0.4 is 16.4 Å². The highest BCUT2D eigenvalue weighted by molar-refractivity contribution is 5.85. The van der Waals surface area contributed by atoms with Gasteiger partial charge in [0.05, 0.1) is 0 Å². The van der Waals surface area contributed by atoms with Crippen LogP contribution in [-0.2, 0) is 4.74 Å². The van der Waals surface area contributed by atoms with Gasteiger partial charge in [0.2, 0.25) is 0 Å². The standard InChI is InChI=1S/C15H23N3O2/c1-15(2,3)20-14(19)18-12-6-4-5-11(9-12)17-13-7-10(16)8-13/h4-6,9-10,13,17H,7-8,16H2,1-3H3,(H,18,19). The maximum absolute atomic E-state index is 11.7. The summed E-state index contributed by atoms with van der Waals surface area (Å²) in [5.41, 5.74) is 6.96. The van der Waals surface area contributed by atoms with E-state index in [1.807, 2.05) is 45.0 Å². The summed E-state index contributed by atoms with van der Waals surface area (Å²) >= 11 is 0. The van der Waals surface area contributed by atoms with Crippen LogP contribution in [0.25, 0.3) is 0 Å². The van der Waals surface area contributed by atoms with E-state index in [4.69, 9.17) is 10.5 Å². The lowest BCUT2D eigenvalue weighted by molar-refractivity contribution is 0.0636. The molecule has 0 saturated heterocycles. The Labute approximate surface area is 119 Å². The van der Waals surface area contributed by atoms with Crippen LogP contribution in [0.15, 0.2) is 24.3 Å². The Balaban J connectivity index is 1.90. The Kier molecular flexibility index (Phi) is 4.18. The van der Waals surface area contributed by atoms with Gasteiger partial charge in [0, 0.05) is 23.5 Å². The summed E-state index contributed by atoms with van der Waals surface area (Å²) in [7, 11) is 0. The highest BCUT2D eigenvalue weighted by atomic mass is 16.6. The van der Waals surface area contributed by atoms with Crippen LogP contribution in [0.4, 0.5) is 16.2 Å². The molecule has 1 aliphatic rings. The van der Waals surface area contributed by atoms with Crippen LogP contribution in [0.3, 0.4) is 0 Å². The summed E-state index contributed by atoms with van der Waals surface area (Å²) < 4.78 is 5.22. The van der Waals surface area contributed by atoms with Crippen molar-refractivity contribution in [2.24, 2.45) is 5.73 Å². The fraction of sp³-hybridized carbons (Fsp3) is 0.533. The second-order valence-corrected chi connectivity index (χ2v) is 6.28. The lowest BCUT2D eigenvalue weighted by atomic mass is 9.87. The number of carbonyl (C=O) groups is 1. The lowest BCUT2D eigenvalue weighted by Gasteiger charge is -2.33. The molecule has 0 radical (unpaired) electrons. The van der Waals surface area contributed by atoms with Gasteiger partial charge < -0.3 is 15.8 Å². The van der Waals surface area contributed by atoms with Gasteiger partial charge in [0.1, 0.15) is 5.60 Å². The van der Waals surface area contributed by atoms with Crippen molar-refractivity contribution in [3.05, 3.63) is 24.3 Å². The molecule has 5 nitrogen and oxygen atoms in total. The first-order valence-electron chi connectivity index (χ1n) is 6.94.